The molecule has 12 rings (SSSR count). The van der Waals surface area contributed by atoms with Crippen molar-refractivity contribution in [3.63, 3.8) is 0 Å². The zero-order chi connectivity index (χ0) is 63.6. The number of hydrogen-bond donors (Lipinski definition) is 5. The number of rotatable bonds is 6. The SMILES string of the molecule is COC(=O)c1nc(Br)cnc1Cl.COC(=O)c1nc(Br)cnc1N1CCC2(CC1)Cc1ccccc1[C@H]2N.COC(=O)c1nc(Br)cnc1N1CCC2(CC1)Cc1ccccc1[C@H]2NC(=O)OC(C)(C)C.I.N[C@@H]1c2ccccc2CC12CCNCC2.[2H]N. The third kappa shape index (κ3) is 15.6. The summed E-state index contributed by atoms with van der Waals surface area (Å²) in [5.41, 5.74) is 21.2. The van der Waals surface area contributed by atoms with Crippen LogP contribution in [0.4, 0.5) is 16.4 Å². The van der Waals surface area contributed by atoms with E-state index in [1.165, 1.54) is 74.6 Å². The molecule has 3 fully saturated rings. The average molecular weight is 1530 g/mol. The number of ether oxygens (including phenoxy) is 4. The summed E-state index contributed by atoms with van der Waals surface area (Å²) in [6.45, 7) is 10.8. The topological polar surface area (TPSA) is 300 Å². The summed E-state index contributed by atoms with van der Waals surface area (Å²) in [5.74, 6) is -0.490. The number of nitrogens with one attached hydrogen (secondary N) is 2. The molecule has 88 heavy (non-hydrogen) atoms. The molecule has 1 amide bonds. The molecule has 6 heterocycles. The Balaban J connectivity index is 0.000000178. The van der Waals surface area contributed by atoms with Crippen molar-refractivity contribution < 1.29 is 39.5 Å². The summed E-state index contributed by atoms with van der Waals surface area (Å²) in [6.07, 6.45) is 17.0. The maximum Gasteiger partial charge on any atom is 0.408 e. The van der Waals surface area contributed by atoms with E-state index in [-0.39, 0.29) is 75.2 Å². The third-order valence-corrected chi connectivity index (χ3v) is 18.8. The van der Waals surface area contributed by atoms with Gasteiger partial charge in [0.2, 0.25) is 0 Å². The van der Waals surface area contributed by atoms with Gasteiger partial charge in [-0.3, -0.25) is 0 Å². The molecule has 472 valence electrons. The average Bonchev–Trinajstić information content (AvgIpc) is 1.81. The van der Waals surface area contributed by atoms with Crippen LogP contribution in [0.3, 0.4) is 0 Å². The summed E-state index contributed by atoms with van der Waals surface area (Å²) in [6, 6.07) is 25.6. The number of carbonyl (C=O) groups is 4. The predicted molar refractivity (Wildman–Crippen MR) is 357 cm³/mol. The van der Waals surface area contributed by atoms with Crippen LogP contribution in [0.15, 0.2) is 105 Å². The van der Waals surface area contributed by atoms with Gasteiger partial charge in [0.05, 0.1) is 46.0 Å². The van der Waals surface area contributed by atoms with Gasteiger partial charge in [0, 0.05) is 43.7 Å². The minimum atomic E-state index is -0.603. The molecular formula is C62H76Br3ClIN13O8. The van der Waals surface area contributed by atoms with Crippen molar-refractivity contribution in [2.45, 2.75) is 102 Å². The fourth-order valence-electron chi connectivity index (χ4n) is 13.0. The van der Waals surface area contributed by atoms with E-state index in [2.05, 4.69) is 170 Å². The quantitative estimate of drug-likeness (QED) is 0.0588. The van der Waals surface area contributed by atoms with Crippen LogP contribution in [0.25, 0.3) is 0 Å². The van der Waals surface area contributed by atoms with Gasteiger partial charge in [-0.25, -0.2) is 49.1 Å². The summed E-state index contributed by atoms with van der Waals surface area (Å²) >= 11 is 15.2. The molecule has 21 nitrogen and oxygen atoms in total. The number of benzene rings is 3. The zero-order valence-electron chi connectivity index (χ0n) is 51.0. The van der Waals surface area contributed by atoms with Gasteiger partial charge in [-0.1, -0.05) is 84.4 Å². The van der Waals surface area contributed by atoms with Crippen LogP contribution in [0.1, 0.15) is 142 Å². The first-order valence-corrected chi connectivity index (χ1v) is 31.3. The monoisotopic (exact) mass is 1530 g/mol. The lowest BCUT2D eigenvalue weighted by molar-refractivity contribution is 0.0426. The molecule has 3 saturated heterocycles. The van der Waals surface area contributed by atoms with Gasteiger partial charge in [-0.15, -0.1) is 24.0 Å². The number of hydrogen-bond acceptors (Lipinski definition) is 20. The highest BCUT2D eigenvalue weighted by molar-refractivity contribution is 14.0. The number of methoxy groups -OCH3 is 3. The molecule has 3 spiro atoms. The molecule has 6 aliphatic rings. The first kappa shape index (κ1) is 68.4. The Kier molecular flexibility index (Phi) is 23.4. The Hall–Kier alpha value is -5.52. The minimum Gasteiger partial charge on any atom is -0.464 e. The molecular weight excluding hydrogens is 1460 g/mol. The van der Waals surface area contributed by atoms with Gasteiger partial charge in [-0.05, 0) is 184 Å². The number of nitrogens with zero attached hydrogens (tertiary/aromatic N) is 8. The number of halogens is 5. The molecule has 3 atom stereocenters. The molecule has 3 aromatic carbocycles. The van der Waals surface area contributed by atoms with Crippen molar-refractivity contribution >= 4 is 119 Å². The molecule has 3 aliphatic carbocycles. The van der Waals surface area contributed by atoms with E-state index in [1.807, 2.05) is 32.9 Å². The van der Waals surface area contributed by atoms with Gasteiger partial charge in [-0.2, -0.15) is 0 Å². The van der Waals surface area contributed by atoms with E-state index in [4.69, 9.17) is 38.7 Å². The van der Waals surface area contributed by atoms with Crippen molar-refractivity contribution in [3.05, 3.63) is 161 Å². The summed E-state index contributed by atoms with van der Waals surface area (Å²) in [5, 5.41) is 6.63. The van der Waals surface area contributed by atoms with Gasteiger partial charge < -0.3 is 57.0 Å². The van der Waals surface area contributed by atoms with E-state index in [9.17, 15) is 19.2 Å². The number of piperidine rings is 3. The van der Waals surface area contributed by atoms with Crippen LogP contribution in [-0.4, -0.2) is 120 Å². The largest absolute Gasteiger partial charge is 0.464 e. The van der Waals surface area contributed by atoms with Crippen molar-refractivity contribution in [1.82, 2.24) is 46.7 Å². The molecule has 3 aromatic heterocycles. The van der Waals surface area contributed by atoms with E-state index >= 15 is 0 Å². The Morgan fingerprint density at radius 2 is 0.966 bits per heavy atom. The number of nitrogens with two attached hydrogens (primary N) is 2. The standard InChI is InChI=1S/C24H29BrN4O4.C19H21BrN4O2.C13H18N2.C6H4BrClN2O2.HI.H3N/c1-23(2,3)33-22(31)28-19-16-8-6-5-7-15(16)13-24(19)9-11-29(12-10-24)20-18(21(30)32-4)27-17(25)14-26-20;1-26-18(25)15-17(22-11-14(20)23-15)24-8-6-19(7-9-24)10-12-4-2-3-5-13(12)16(19)21;14-12-11-4-2-1-3-10(11)9-13(12)5-7-15-8-6-13;1-12-6(11)4-5(8)9-2-3(7)10-4;;/h5-8,14,19H,9-13H2,1-4H3,(H,28,31);2-5,11,16H,6-10,21H2,1H3;1-4,12,15H,5-9,14H2;2H,1H3;1H;1H3/t19-;16-;12-;;;/m111.../s1/i/hD. The molecule has 0 saturated carbocycles. The van der Waals surface area contributed by atoms with Gasteiger partial charge in [0.1, 0.15) is 20.8 Å². The first-order valence-electron chi connectivity index (χ1n) is 29.1. The smallest absolute Gasteiger partial charge is 0.408 e. The number of amides is 1. The summed E-state index contributed by atoms with van der Waals surface area (Å²) < 4.78 is 26.5. The molecule has 0 radical (unpaired) electrons. The van der Waals surface area contributed by atoms with Gasteiger partial charge in [0.15, 0.2) is 33.9 Å². The molecule has 0 bridgehead atoms. The summed E-state index contributed by atoms with van der Waals surface area (Å²) in [4.78, 5) is 77.2. The molecule has 0 unspecified atom stereocenters. The number of fused-ring (bicyclic) bond motifs is 3. The predicted octanol–water partition coefficient (Wildman–Crippen LogP) is 11.4. The maximum absolute atomic E-state index is 12.7. The highest BCUT2D eigenvalue weighted by Crippen LogP contribution is 2.54. The third-order valence-electron chi connectivity index (χ3n) is 17.4. The van der Waals surface area contributed by atoms with Crippen LogP contribution in [0.5, 0.6) is 0 Å². The van der Waals surface area contributed by atoms with Crippen molar-refractivity contribution in [1.29, 1.82) is 0 Å². The van der Waals surface area contributed by atoms with Crippen LogP contribution >= 0.6 is 83.4 Å². The maximum atomic E-state index is 12.7. The van der Waals surface area contributed by atoms with E-state index in [0.717, 1.165) is 70.3 Å². The van der Waals surface area contributed by atoms with Crippen molar-refractivity contribution in [2.24, 2.45) is 27.7 Å². The Morgan fingerprint density at radius 1 is 0.602 bits per heavy atom. The van der Waals surface area contributed by atoms with Crippen LogP contribution in [0, 0.1) is 16.2 Å². The van der Waals surface area contributed by atoms with E-state index in [1.54, 1.807) is 12.4 Å². The van der Waals surface area contributed by atoms with Crippen molar-refractivity contribution in [2.75, 3.05) is 70.4 Å². The molecule has 26 heteroatoms. The highest BCUT2D eigenvalue weighted by atomic mass is 127. The van der Waals surface area contributed by atoms with Crippen LogP contribution < -0.4 is 38.0 Å². The number of anilines is 2. The summed E-state index contributed by atoms with van der Waals surface area (Å²) in [7, 11) is 3.94. The number of aromatic nitrogens is 6. The number of carbonyl (C=O) groups excluding carboxylic acids is 4. The number of esters is 3. The Labute approximate surface area is 562 Å². The fraction of sp³-hybridized carbons (Fsp3) is 0.452. The molecule has 6 aromatic rings. The lowest BCUT2D eigenvalue weighted by Gasteiger charge is -2.44. The van der Waals surface area contributed by atoms with Crippen LogP contribution in [-0.2, 0) is 38.2 Å². The minimum absolute atomic E-state index is 0. The van der Waals surface area contributed by atoms with Gasteiger partial charge in [0.25, 0.3) is 0 Å². The van der Waals surface area contributed by atoms with E-state index < -0.39 is 29.6 Å². The second-order valence-corrected chi connectivity index (χ2v) is 26.3. The zero-order valence-corrected chi connectivity index (χ0v) is 57.8. The first-order chi connectivity index (χ1) is 42.1. The lowest BCUT2D eigenvalue weighted by atomic mass is 9.72. The highest BCUT2D eigenvalue weighted by Gasteiger charge is 2.50. The second-order valence-electron chi connectivity index (χ2n) is 23.5. The lowest BCUT2D eigenvalue weighted by Crippen LogP contribution is -2.48. The fourth-order valence-corrected chi connectivity index (χ4v) is 14.0. The molecule has 9 N–H and O–H groups in total. The van der Waals surface area contributed by atoms with Gasteiger partial charge >= 0.3 is 24.0 Å². The Morgan fingerprint density at radius 3 is 1.40 bits per heavy atom. The van der Waals surface area contributed by atoms with Crippen LogP contribution in [0.2, 0.25) is 6.56 Å². The second kappa shape index (κ2) is 30.1. The normalized spacial score (nSPS) is 19.5. The molecule has 3 aliphatic heterocycles. The number of alkyl carbamates (subject to hydrolysis) is 1. The Bertz CT molecular complexity index is 3460. The van der Waals surface area contributed by atoms with Crippen molar-refractivity contribution in [3.8, 4) is 0 Å². The van der Waals surface area contributed by atoms with E-state index in [0.29, 0.717) is 43.9 Å².